The lowest BCUT2D eigenvalue weighted by molar-refractivity contribution is -0.137. The molecule has 4 heteroatoms. The van der Waals surface area contributed by atoms with Crippen LogP contribution in [0.4, 0.5) is 0 Å². The Kier molecular flexibility index (Phi) is 2.41. The van der Waals surface area contributed by atoms with Gasteiger partial charge in [-0.1, -0.05) is 18.2 Å². The van der Waals surface area contributed by atoms with Gasteiger partial charge in [0.1, 0.15) is 6.10 Å². The molecule has 1 heterocycles. The van der Waals surface area contributed by atoms with Crippen LogP contribution in [0.25, 0.3) is 0 Å². The Morgan fingerprint density at radius 2 is 2.13 bits per heavy atom. The molecule has 2 rings (SSSR count). The van der Waals surface area contributed by atoms with Gasteiger partial charge in [0.05, 0.1) is 5.56 Å². The number of carboxylic acids is 1. The molecule has 1 aromatic rings. The van der Waals surface area contributed by atoms with Crippen molar-refractivity contribution >= 4 is 11.9 Å². The first-order valence-electron chi connectivity index (χ1n) is 4.70. The molecule has 0 saturated carbocycles. The number of ether oxygens (including phenoxy) is 1. The smallest absolute Gasteiger partial charge is 0.339 e. The highest BCUT2D eigenvalue weighted by molar-refractivity contribution is 5.94. The highest BCUT2D eigenvalue weighted by Gasteiger charge is 2.30. The number of hydrogen-bond acceptors (Lipinski definition) is 3. The molecule has 0 aliphatic carbocycles. The van der Waals surface area contributed by atoms with Gasteiger partial charge in [0.2, 0.25) is 0 Å². The van der Waals surface area contributed by atoms with Crippen LogP contribution in [0.2, 0.25) is 0 Å². The van der Waals surface area contributed by atoms with Gasteiger partial charge in [-0.15, -0.1) is 0 Å². The lowest BCUT2D eigenvalue weighted by atomic mass is 10.0. The number of fused-ring (bicyclic) bond motifs is 1. The molecule has 4 nitrogen and oxygen atoms in total. The number of aliphatic carboxylic acids is 1. The normalized spacial score (nSPS) is 18.4. The van der Waals surface area contributed by atoms with E-state index in [2.05, 4.69) is 0 Å². The van der Waals surface area contributed by atoms with Crippen LogP contribution in [0.1, 0.15) is 34.9 Å². The minimum absolute atomic E-state index is 0.00623. The largest absolute Gasteiger partial charge is 0.481 e. The summed E-state index contributed by atoms with van der Waals surface area (Å²) in [6.07, 6.45) is -0.0607. The summed E-state index contributed by atoms with van der Waals surface area (Å²) < 4.78 is 5.08. The zero-order chi connectivity index (χ0) is 10.8. The average Bonchev–Trinajstić information content (AvgIpc) is 2.54. The Bertz CT molecular complexity index is 411. The fourth-order valence-corrected chi connectivity index (χ4v) is 1.69. The monoisotopic (exact) mass is 206 g/mol. The summed E-state index contributed by atoms with van der Waals surface area (Å²) in [5, 5.41) is 8.55. The van der Waals surface area contributed by atoms with Crippen molar-refractivity contribution in [1.82, 2.24) is 0 Å². The number of carboxylic acid groups (broad SMARTS) is 1. The Balaban J connectivity index is 2.17. The van der Waals surface area contributed by atoms with Crippen LogP contribution in [-0.4, -0.2) is 17.0 Å². The minimum atomic E-state index is -0.879. The predicted molar refractivity (Wildman–Crippen MR) is 51.5 cm³/mol. The summed E-state index contributed by atoms with van der Waals surface area (Å²) in [5.74, 6) is -1.24. The van der Waals surface area contributed by atoms with E-state index in [1.807, 2.05) is 6.07 Å². The molecule has 0 fully saturated rings. The molecule has 1 aliphatic heterocycles. The summed E-state index contributed by atoms with van der Waals surface area (Å²) in [5.41, 5.74) is 1.34. The fraction of sp³-hybridized carbons (Fsp3) is 0.273. The van der Waals surface area contributed by atoms with E-state index in [0.717, 1.165) is 5.56 Å². The van der Waals surface area contributed by atoms with Crippen molar-refractivity contribution in [1.29, 1.82) is 0 Å². The topological polar surface area (TPSA) is 63.6 Å². The number of esters is 1. The van der Waals surface area contributed by atoms with Gasteiger partial charge in [-0.3, -0.25) is 4.79 Å². The first-order valence-corrected chi connectivity index (χ1v) is 4.70. The van der Waals surface area contributed by atoms with Crippen LogP contribution in [-0.2, 0) is 9.53 Å². The average molecular weight is 206 g/mol. The SMILES string of the molecule is O=C(O)CCC1OC(=O)c2ccccc21. The van der Waals surface area contributed by atoms with E-state index in [1.54, 1.807) is 18.2 Å². The number of hydrogen-bond donors (Lipinski definition) is 1. The van der Waals surface area contributed by atoms with E-state index in [0.29, 0.717) is 12.0 Å². The molecule has 1 aliphatic rings. The number of carbonyl (C=O) groups is 2. The lowest BCUT2D eigenvalue weighted by Gasteiger charge is -2.08. The third-order valence-corrected chi connectivity index (χ3v) is 2.40. The quantitative estimate of drug-likeness (QED) is 0.765. The summed E-state index contributed by atoms with van der Waals surface area (Å²) >= 11 is 0. The van der Waals surface area contributed by atoms with E-state index in [9.17, 15) is 9.59 Å². The Labute approximate surface area is 86.5 Å². The zero-order valence-electron chi connectivity index (χ0n) is 7.97. The van der Waals surface area contributed by atoms with Crippen molar-refractivity contribution < 1.29 is 19.4 Å². The zero-order valence-corrected chi connectivity index (χ0v) is 7.97. The fourth-order valence-electron chi connectivity index (χ4n) is 1.69. The Morgan fingerprint density at radius 3 is 2.87 bits per heavy atom. The number of benzene rings is 1. The molecule has 1 aromatic carbocycles. The number of cyclic esters (lactones) is 1. The number of rotatable bonds is 3. The second kappa shape index (κ2) is 3.73. The molecule has 0 aromatic heterocycles. The predicted octanol–water partition coefficient (Wildman–Crippen LogP) is 1.76. The summed E-state index contributed by atoms with van der Waals surface area (Å²) in [6.45, 7) is 0. The molecule has 1 atom stereocenters. The number of carbonyl (C=O) groups excluding carboxylic acids is 1. The van der Waals surface area contributed by atoms with Gasteiger partial charge >= 0.3 is 11.9 Å². The van der Waals surface area contributed by atoms with Crippen molar-refractivity contribution in [2.75, 3.05) is 0 Å². The molecule has 15 heavy (non-hydrogen) atoms. The molecule has 0 amide bonds. The van der Waals surface area contributed by atoms with E-state index < -0.39 is 12.1 Å². The maximum atomic E-state index is 11.4. The highest BCUT2D eigenvalue weighted by Crippen LogP contribution is 2.33. The van der Waals surface area contributed by atoms with Crippen LogP contribution in [0.3, 0.4) is 0 Å². The molecule has 1 unspecified atom stereocenters. The summed E-state index contributed by atoms with van der Waals surface area (Å²) in [6, 6.07) is 7.07. The van der Waals surface area contributed by atoms with Gasteiger partial charge in [-0.25, -0.2) is 4.79 Å². The van der Waals surface area contributed by atoms with Crippen molar-refractivity contribution in [3.8, 4) is 0 Å². The maximum absolute atomic E-state index is 11.4. The molecule has 1 N–H and O–H groups in total. The van der Waals surface area contributed by atoms with Crippen molar-refractivity contribution in [3.63, 3.8) is 0 Å². The minimum Gasteiger partial charge on any atom is -0.481 e. The summed E-state index contributed by atoms with van der Waals surface area (Å²) in [4.78, 5) is 21.8. The maximum Gasteiger partial charge on any atom is 0.339 e. The molecule has 0 bridgehead atoms. The van der Waals surface area contributed by atoms with Gasteiger partial charge in [0.15, 0.2) is 0 Å². The first kappa shape index (κ1) is 9.71. The second-order valence-corrected chi connectivity index (χ2v) is 3.41. The van der Waals surface area contributed by atoms with Gasteiger partial charge < -0.3 is 9.84 Å². The van der Waals surface area contributed by atoms with Crippen LogP contribution in [0.5, 0.6) is 0 Å². The van der Waals surface area contributed by atoms with Crippen molar-refractivity contribution in [2.24, 2.45) is 0 Å². The second-order valence-electron chi connectivity index (χ2n) is 3.41. The molecular formula is C11H10O4. The van der Waals surface area contributed by atoms with Crippen LogP contribution in [0, 0.1) is 0 Å². The third kappa shape index (κ3) is 1.83. The van der Waals surface area contributed by atoms with Gasteiger partial charge in [0, 0.05) is 12.0 Å². The van der Waals surface area contributed by atoms with Gasteiger partial charge in [-0.05, 0) is 12.5 Å². The molecule has 0 radical (unpaired) electrons. The van der Waals surface area contributed by atoms with Gasteiger partial charge in [-0.2, -0.15) is 0 Å². The molecule has 0 spiro atoms. The third-order valence-electron chi connectivity index (χ3n) is 2.40. The van der Waals surface area contributed by atoms with E-state index in [4.69, 9.17) is 9.84 Å². The van der Waals surface area contributed by atoms with E-state index in [-0.39, 0.29) is 12.4 Å². The van der Waals surface area contributed by atoms with Gasteiger partial charge in [0.25, 0.3) is 0 Å². The molecule has 0 saturated heterocycles. The standard InChI is InChI=1S/C11H10O4/c12-10(13)6-5-9-7-3-1-2-4-8(7)11(14)15-9/h1-4,9H,5-6H2,(H,12,13). The highest BCUT2D eigenvalue weighted by atomic mass is 16.5. The van der Waals surface area contributed by atoms with Crippen LogP contribution < -0.4 is 0 Å². The Hall–Kier alpha value is -1.84. The van der Waals surface area contributed by atoms with Crippen molar-refractivity contribution in [3.05, 3.63) is 35.4 Å². The van der Waals surface area contributed by atoms with Crippen molar-refractivity contribution in [2.45, 2.75) is 18.9 Å². The molecular weight excluding hydrogens is 196 g/mol. The first-order chi connectivity index (χ1) is 7.18. The molecule has 78 valence electrons. The van der Waals surface area contributed by atoms with Crippen LogP contribution >= 0.6 is 0 Å². The summed E-state index contributed by atoms with van der Waals surface area (Å²) in [7, 11) is 0. The van der Waals surface area contributed by atoms with Crippen LogP contribution in [0.15, 0.2) is 24.3 Å². The van der Waals surface area contributed by atoms with E-state index in [1.165, 1.54) is 0 Å². The lowest BCUT2D eigenvalue weighted by Crippen LogP contribution is -2.02. The Morgan fingerprint density at radius 1 is 1.40 bits per heavy atom. The van der Waals surface area contributed by atoms with E-state index >= 15 is 0 Å².